The summed E-state index contributed by atoms with van der Waals surface area (Å²) in [4.78, 5) is 2.84. The van der Waals surface area contributed by atoms with Crippen LogP contribution in [0.25, 0.3) is 0 Å². The Kier molecular flexibility index (Phi) is 8.30. The third-order valence-electron chi connectivity index (χ3n) is 5.39. The smallest absolute Gasteiger partial charge is 0.128 e. The molecule has 0 bridgehead atoms. The largest absolute Gasteiger partial charge is 0.386 e. The number of nitrogens with one attached hydrogen (secondary N) is 2. The molecule has 0 spiro atoms. The number of hydrogen-bond donors (Lipinski definition) is 3. The molecule has 1 aromatic heterocycles. The van der Waals surface area contributed by atoms with Crippen molar-refractivity contribution in [1.82, 2.24) is 4.57 Å². The number of ether oxygens (including phenoxy) is 1. The molecule has 2 heterocycles. The minimum atomic E-state index is -0.522. The molecular formula is C21H31ClFN3O2+2. The van der Waals surface area contributed by atoms with Crippen LogP contribution in [0.1, 0.15) is 11.3 Å². The molecule has 3 rings (SSSR count). The number of halogens is 2. The Morgan fingerprint density at radius 1 is 1.21 bits per heavy atom. The lowest BCUT2D eigenvalue weighted by Gasteiger charge is -2.27. The van der Waals surface area contributed by atoms with Gasteiger partial charge >= 0.3 is 0 Å². The number of morpholine rings is 1. The highest BCUT2D eigenvalue weighted by Gasteiger charge is 2.21. The highest BCUT2D eigenvalue weighted by molar-refractivity contribution is 6.18. The average Bonchev–Trinajstić information content (AvgIpc) is 3.15. The molecule has 0 aliphatic carbocycles. The molecule has 0 amide bonds. The Morgan fingerprint density at radius 3 is 2.75 bits per heavy atom. The van der Waals surface area contributed by atoms with Crippen molar-refractivity contribution >= 4 is 11.6 Å². The Hall–Kier alpha value is -1.44. The van der Waals surface area contributed by atoms with E-state index in [4.69, 9.17) is 16.3 Å². The average molecular weight is 412 g/mol. The van der Waals surface area contributed by atoms with Gasteiger partial charge in [-0.05, 0) is 18.2 Å². The SMILES string of the molecule is O[C@@H](CCl)C[NH+](CC[NH+]1CCOCC1)Cc1cccn1Cc1ccccc1F. The molecule has 1 fully saturated rings. The highest BCUT2D eigenvalue weighted by atomic mass is 35.5. The zero-order chi connectivity index (χ0) is 19.8. The monoisotopic (exact) mass is 411 g/mol. The number of aromatic nitrogens is 1. The Morgan fingerprint density at radius 2 is 2.00 bits per heavy atom. The maximum Gasteiger partial charge on any atom is 0.128 e. The number of aliphatic hydroxyl groups is 1. The molecule has 1 saturated heterocycles. The van der Waals surface area contributed by atoms with Crippen LogP contribution in [-0.4, -0.2) is 67.6 Å². The summed E-state index contributed by atoms with van der Waals surface area (Å²) in [7, 11) is 0. The van der Waals surface area contributed by atoms with Crippen LogP contribution in [0.4, 0.5) is 4.39 Å². The number of rotatable bonds is 10. The molecule has 7 heteroatoms. The van der Waals surface area contributed by atoms with Crippen LogP contribution < -0.4 is 9.80 Å². The topological polar surface area (TPSA) is 43.3 Å². The highest BCUT2D eigenvalue weighted by Crippen LogP contribution is 2.11. The van der Waals surface area contributed by atoms with Gasteiger partial charge in [0, 0.05) is 11.8 Å². The van der Waals surface area contributed by atoms with Gasteiger partial charge in [-0.1, -0.05) is 18.2 Å². The van der Waals surface area contributed by atoms with E-state index in [0.29, 0.717) is 18.7 Å². The van der Waals surface area contributed by atoms with Crippen molar-refractivity contribution in [2.45, 2.75) is 19.2 Å². The van der Waals surface area contributed by atoms with Crippen molar-refractivity contribution in [3.8, 4) is 0 Å². The Balaban J connectivity index is 1.64. The summed E-state index contributed by atoms with van der Waals surface area (Å²) < 4.78 is 21.6. The van der Waals surface area contributed by atoms with Crippen molar-refractivity contribution in [2.75, 3.05) is 51.8 Å². The molecule has 3 N–H and O–H groups in total. The first-order valence-electron chi connectivity index (χ1n) is 10.0. The first kappa shape index (κ1) is 21.3. The minimum absolute atomic E-state index is 0.181. The van der Waals surface area contributed by atoms with Crippen molar-refractivity contribution in [2.24, 2.45) is 0 Å². The number of hydrogen-bond acceptors (Lipinski definition) is 2. The van der Waals surface area contributed by atoms with E-state index in [-0.39, 0.29) is 11.7 Å². The molecule has 2 atom stereocenters. The maximum absolute atomic E-state index is 14.0. The molecule has 0 radical (unpaired) electrons. The second kappa shape index (κ2) is 10.9. The third-order valence-corrected chi connectivity index (χ3v) is 5.74. The fraction of sp³-hybridized carbons (Fsp3) is 0.524. The Bertz CT molecular complexity index is 721. The lowest BCUT2D eigenvalue weighted by atomic mass is 10.2. The van der Waals surface area contributed by atoms with Crippen LogP contribution in [0, 0.1) is 5.82 Å². The molecule has 28 heavy (non-hydrogen) atoms. The van der Waals surface area contributed by atoms with Gasteiger partial charge in [-0.3, -0.25) is 0 Å². The van der Waals surface area contributed by atoms with Crippen molar-refractivity contribution in [1.29, 1.82) is 0 Å². The number of nitrogens with zero attached hydrogens (tertiary/aromatic N) is 1. The van der Waals surface area contributed by atoms with Crippen LogP contribution in [0.5, 0.6) is 0 Å². The normalized spacial score (nSPS) is 17.5. The Labute approximate surface area is 171 Å². The van der Waals surface area contributed by atoms with E-state index in [2.05, 4.69) is 10.6 Å². The standard InChI is InChI=1S/C21H29ClFN3O2/c22-14-20(27)17-25(9-8-24-10-12-28-13-11-24)16-19-5-3-7-26(19)15-18-4-1-2-6-21(18)23/h1-7,20,27H,8-17H2/p+2/t20-/m0/s1. The second-order valence-electron chi connectivity index (χ2n) is 7.52. The third kappa shape index (κ3) is 6.29. The van der Waals surface area contributed by atoms with E-state index in [1.54, 1.807) is 11.0 Å². The van der Waals surface area contributed by atoms with Gasteiger partial charge in [-0.25, -0.2) is 4.39 Å². The molecular weight excluding hydrogens is 381 g/mol. The van der Waals surface area contributed by atoms with E-state index in [1.807, 2.05) is 24.4 Å². The second-order valence-corrected chi connectivity index (χ2v) is 7.83. The summed E-state index contributed by atoms with van der Waals surface area (Å²) in [5.41, 5.74) is 1.82. The van der Waals surface area contributed by atoms with Crippen LogP contribution in [0.3, 0.4) is 0 Å². The van der Waals surface area contributed by atoms with Crippen molar-refractivity contribution in [3.05, 3.63) is 59.7 Å². The fourth-order valence-electron chi connectivity index (χ4n) is 3.74. The summed E-state index contributed by atoms with van der Waals surface area (Å²) in [5, 5.41) is 10.1. The van der Waals surface area contributed by atoms with E-state index in [9.17, 15) is 9.50 Å². The minimum Gasteiger partial charge on any atom is -0.386 e. The van der Waals surface area contributed by atoms with Crippen LogP contribution in [0.2, 0.25) is 0 Å². The number of quaternary nitrogens is 2. The van der Waals surface area contributed by atoms with Gasteiger partial charge in [0.15, 0.2) is 0 Å². The molecule has 5 nitrogen and oxygen atoms in total. The summed E-state index contributed by atoms with van der Waals surface area (Å²) >= 11 is 5.85. The van der Waals surface area contributed by atoms with Gasteiger partial charge in [0.25, 0.3) is 0 Å². The van der Waals surface area contributed by atoms with E-state index < -0.39 is 6.10 Å². The van der Waals surface area contributed by atoms with Gasteiger partial charge < -0.3 is 24.2 Å². The summed E-state index contributed by atoms with van der Waals surface area (Å²) in [6.07, 6.45) is 1.47. The number of benzene rings is 1. The predicted octanol–water partition coefficient (Wildman–Crippen LogP) is -0.425. The van der Waals surface area contributed by atoms with E-state index in [0.717, 1.165) is 51.6 Å². The molecule has 0 saturated carbocycles. The molecule has 2 aromatic rings. The van der Waals surface area contributed by atoms with E-state index in [1.165, 1.54) is 11.0 Å². The van der Waals surface area contributed by atoms with Gasteiger partial charge in [-0.2, -0.15) is 0 Å². The molecule has 1 unspecified atom stereocenters. The van der Waals surface area contributed by atoms with Crippen LogP contribution in [-0.2, 0) is 17.8 Å². The fourth-order valence-corrected chi connectivity index (χ4v) is 3.85. The molecule has 154 valence electrons. The van der Waals surface area contributed by atoms with Crippen LogP contribution >= 0.6 is 11.6 Å². The van der Waals surface area contributed by atoms with Gasteiger partial charge in [0.2, 0.25) is 0 Å². The number of alkyl halides is 1. The lowest BCUT2D eigenvalue weighted by molar-refractivity contribution is -0.969. The van der Waals surface area contributed by atoms with Crippen molar-refractivity contribution in [3.63, 3.8) is 0 Å². The first-order chi connectivity index (χ1) is 13.7. The van der Waals surface area contributed by atoms with Gasteiger partial charge in [-0.15, -0.1) is 11.6 Å². The zero-order valence-electron chi connectivity index (χ0n) is 16.2. The molecule has 1 aliphatic rings. The van der Waals surface area contributed by atoms with Gasteiger partial charge in [0.05, 0.1) is 31.3 Å². The first-order valence-corrected chi connectivity index (χ1v) is 10.6. The zero-order valence-corrected chi connectivity index (χ0v) is 17.0. The molecule has 1 aromatic carbocycles. The predicted molar refractivity (Wildman–Crippen MR) is 107 cm³/mol. The summed E-state index contributed by atoms with van der Waals surface area (Å²) in [6.45, 7) is 7.60. The van der Waals surface area contributed by atoms with Crippen LogP contribution in [0.15, 0.2) is 42.6 Å². The van der Waals surface area contributed by atoms with Gasteiger partial charge in [0.1, 0.15) is 51.2 Å². The molecule has 1 aliphatic heterocycles. The van der Waals surface area contributed by atoms with E-state index >= 15 is 0 Å². The maximum atomic E-state index is 14.0. The number of aliphatic hydroxyl groups excluding tert-OH is 1. The van der Waals surface area contributed by atoms with Crippen molar-refractivity contribution < 1.29 is 24.0 Å². The quantitative estimate of drug-likeness (QED) is 0.465. The summed E-state index contributed by atoms with van der Waals surface area (Å²) in [6, 6.07) is 11.0. The summed E-state index contributed by atoms with van der Waals surface area (Å²) in [5.74, 6) is 0.0595. The lowest BCUT2D eigenvalue weighted by Crippen LogP contribution is -3.21.